The third-order valence-electron chi connectivity index (χ3n) is 4.87. The number of carbonyl (C=O) groups excluding carboxylic acids is 1. The number of aliphatic hydroxyl groups excluding tert-OH is 4. The molecule has 0 spiro atoms. The van der Waals surface area contributed by atoms with Gasteiger partial charge in [-0.25, -0.2) is 19.6 Å². The molecule has 2 aliphatic heterocycles. The van der Waals surface area contributed by atoms with Gasteiger partial charge in [0.2, 0.25) is 0 Å². The number of amides is 2. The molecular weight excluding hydrogens is 436 g/mol. The molecular formula is C16H24N6O8S. The van der Waals surface area contributed by atoms with E-state index in [1.54, 1.807) is 6.26 Å². The van der Waals surface area contributed by atoms with E-state index in [-0.39, 0.29) is 5.49 Å². The number of rotatable bonds is 7. The summed E-state index contributed by atoms with van der Waals surface area (Å²) < 4.78 is 6.87. The number of hydrogen-bond donors (Lipinski definition) is 8. The van der Waals surface area contributed by atoms with Crippen LogP contribution in [-0.2, 0) is 9.53 Å². The van der Waals surface area contributed by atoms with E-state index >= 15 is 0 Å². The average Bonchev–Trinajstić information content (AvgIpc) is 3.26. The third-order valence-corrected chi connectivity index (χ3v) is 5.77. The maximum atomic E-state index is 12.4. The second kappa shape index (κ2) is 8.97. The van der Waals surface area contributed by atoms with Crippen LogP contribution in [-0.4, -0.2) is 95.5 Å². The van der Waals surface area contributed by atoms with Gasteiger partial charge in [-0.15, -0.1) is 0 Å². The first-order valence-electron chi connectivity index (χ1n) is 9.20. The summed E-state index contributed by atoms with van der Waals surface area (Å²) in [6, 6.07) is -2.44. The molecule has 1 aromatic heterocycles. The Hall–Kier alpha value is -2.43. The summed E-state index contributed by atoms with van der Waals surface area (Å²) in [5.41, 5.74) is 0.202. The van der Waals surface area contributed by atoms with Crippen LogP contribution < -0.4 is 26.8 Å². The Balaban J connectivity index is 1.89. The second-order valence-corrected chi connectivity index (χ2v) is 7.99. The van der Waals surface area contributed by atoms with Crippen LogP contribution in [0.2, 0.25) is 0 Å². The Bertz CT molecular complexity index is 956. The first kappa shape index (κ1) is 23.2. The number of imidazole rings is 1. The van der Waals surface area contributed by atoms with Gasteiger partial charge in [0.1, 0.15) is 23.7 Å². The fraction of sp³-hybridized carbons (Fsp3) is 0.625. The van der Waals surface area contributed by atoms with Crippen molar-refractivity contribution in [3.05, 3.63) is 17.2 Å². The molecule has 1 fully saturated rings. The fourth-order valence-corrected chi connectivity index (χ4v) is 3.72. The van der Waals surface area contributed by atoms with E-state index in [9.17, 15) is 30.0 Å². The Morgan fingerprint density at radius 2 is 2.13 bits per heavy atom. The highest BCUT2D eigenvalue weighted by atomic mass is 32.2. The van der Waals surface area contributed by atoms with Gasteiger partial charge in [-0.1, -0.05) is 11.8 Å². The van der Waals surface area contributed by atoms with Crippen LogP contribution in [0.1, 0.15) is 13.2 Å². The van der Waals surface area contributed by atoms with Gasteiger partial charge in [-0.05, 0) is 13.2 Å². The number of carbonyl (C=O) groups is 2. The van der Waals surface area contributed by atoms with Crippen molar-refractivity contribution < 1.29 is 39.9 Å². The molecule has 3 rings (SSSR count). The van der Waals surface area contributed by atoms with Crippen molar-refractivity contribution in [3.8, 4) is 0 Å². The summed E-state index contributed by atoms with van der Waals surface area (Å²) in [6.45, 7) is 0.729. The SMILES string of the molecule is CSC1(NC(=O)NC(C(=O)O)C(C)O)N=c2c(ncn2[C@@H]2O[C@H](CO)[C@@H](O)[C@H]2O)=CN1. The van der Waals surface area contributed by atoms with Gasteiger partial charge in [0.15, 0.2) is 17.8 Å². The van der Waals surface area contributed by atoms with E-state index in [2.05, 4.69) is 25.9 Å². The molecule has 2 amide bonds. The van der Waals surface area contributed by atoms with Crippen molar-refractivity contribution in [1.82, 2.24) is 25.5 Å². The van der Waals surface area contributed by atoms with E-state index in [1.807, 2.05) is 0 Å². The molecule has 31 heavy (non-hydrogen) atoms. The van der Waals surface area contributed by atoms with Crippen molar-refractivity contribution in [2.45, 2.75) is 48.7 Å². The molecule has 2 aliphatic rings. The fourth-order valence-electron chi connectivity index (χ4n) is 3.17. The van der Waals surface area contributed by atoms with Crippen molar-refractivity contribution >= 4 is 30.0 Å². The molecule has 0 saturated carbocycles. The van der Waals surface area contributed by atoms with E-state index in [4.69, 9.17) is 9.84 Å². The summed E-state index contributed by atoms with van der Waals surface area (Å²) >= 11 is 1.07. The number of nitrogens with one attached hydrogen (secondary N) is 3. The molecule has 0 radical (unpaired) electrons. The monoisotopic (exact) mass is 460 g/mol. The van der Waals surface area contributed by atoms with Gasteiger partial charge < -0.3 is 40.9 Å². The minimum atomic E-state index is -1.54. The normalized spacial score (nSPS) is 31.4. The molecule has 1 saturated heterocycles. The lowest BCUT2D eigenvalue weighted by atomic mass is 10.1. The molecule has 0 aromatic carbocycles. The summed E-state index contributed by atoms with van der Waals surface area (Å²) in [6.07, 6.45) is -1.67. The molecule has 0 aliphatic carbocycles. The number of hydrogen-bond acceptors (Lipinski definition) is 11. The predicted octanol–water partition coefficient (Wildman–Crippen LogP) is -4.44. The number of aliphatic hydroxyl groups is 4. The zero-order valence-electron chi connectivity index (χ0n) is 16.5. The first-order chi connectivity index (χ1) is 14.6. The number of fused-ring (bicyclic) bond motifs is 1. The van der Waals surface area contributed by atoms with Gasteiger partial charge in [0.25, 0.3) is 5.12 Å². The highest BCUT2D eigenvalue weighted by molar-refractivity contribution is 7.99. The molecule has 14 nitrogen and oxygen atoms in total. The molecule has 3 unspecified atom stereocenters. The summed E-state index contributed by atoms with van der Waals surface area (Å²) in [5.74, 6) is -1.41. The Labute approximate surface area is 179 Å². The van der Waals surface area contributed by atoms with Crippen molar-refractivity contribution in [1.29, 1.82) is 0 Å². The topological polar surface area (TPSA) is 211 Å². The number of urea groups is 1. The predicted molar refractivity (Wildman–Crippen MR) is 105 cm³/mol. The van der Waals surface area contributed by atoms with Crippen molar-refractivity contribution in [2.75, 3.05) is 12.9 Å². The molecule has 15 heteroatoms. The van der Waals surface area contributed by atoms with Crippen LogP contribution in [0.15, 0.2) is 11.3 Å². The minimum absolute atomic E-state index is 0.202. The van der Waals surface area contributed by atoms with E-state index in [0.717, 1.165) is 11.8 Å². The number of ether oxygens (including phenoxy) is 1. The second-order valence-electron chi connectivity index (χ2n) is 6.99. The van der Waals surface area contributed by atoms with Crippen LogP contribution in [0.5, 0.6) is 0 Å². The molecule has 172 valence electrons. The number of carboxylic acid groups (broad SMARTS) is 1. The maximum absolute atomic E-state index is 12.4. The highest BCUT2D eigenvalue weighted by Crippen LogP contribution is 2.28. The van der Waals surface area contributed by atoms with Gasteiger partial charge in [0, 0.05) is 6.20 Å². The van der Waals surface area contributed by atoms with E-state index in [0.29, 0.717) is 5.35 Å². The van der Waals surface area contributed by atoms with Crippen molar-refractivity contribution in [2.24, 2.45) is 4.99 Å². The van der Waals surface area contributed by atoms with Crippen LogP contribution in [0.4, 0.5) is 4.79 Å². The summed E-state index contributed by atoms with van der Waals surface area (Å²) in [5, 5.41) is 54.7. The molecule has 8 N–H and O–H groups in total. The van der Waals surface area contributed by atoms with Gasteiger partial charge in [-0.2, -0.15) is 0 Å². The zero-order chi connectivity index (χ0) is 22.9. The number of thioether (sulfide) groups is 1. The average molecular weight is 460 g/mol. The van der Waals surface area contributed by atoms with Crippen LogP contribution in [0, 0.1) is 0 Å². The third kappa shape index (κ3) is 4.46. The lowest BCUT2D eigenvalue weighted by molar-refractivity contribution is -0.141. The van der Waals surface area contributed by atoms with E-state index < -0.39 is 60.4 Å². The lowest BCUT2D eigenvalue weighted by Crippen LogP contribution is -2.62. The molecule has 7 atom stereocenters. The summed E-state index contributed by atoms with van der Waals surface area (Å²) in [4.78, 5) is 32.2. The number of aromatic nitrogens is 2. The first-order valence-corrected chi connectivity index (χ1v) is 10.4. The number of nitrogens with zero attached hydrogens (tertiary/aromatic N) is 3. The van der Waals surface area contributed by atoms with Crippen LogP contribution in [0.25, 0.3) is 6.20 Å². The Morgan fingerprint density at radius 1 is 1.42 bits per heavy atom. The molecule has 0 bridgehead atoms. The smallest absolute Gasteiger partial charge is 0.328 e. The zero-order valence-corrected chi connectivity index (χ0v) is 17.4. The van der Waals surface area contributed by atoms with Gasteiger partial charge in [0.05, 0.1) is 19.0 Å². The van der Waals surface area contributed by atoms with Crippen LogP contribution in [0.3, 0.4) is 0 Å². The largest absolute Gasteiger partial charge is 0.480 e. The van der Waals surface area contributed by atoms with Gasteiger partial charge in [-0.3, -0.25) is 9.88 Å². The quantitative estimate of drug-likeness (QED) is 0.182. The minimum Gasteiger partial charge on any atom is -0.480 e. The molecule has 3 heterocycles. The summed E-state index contributed by atoms with van der Waals surface area (Å²) in [7, 11) is 0. The number of carboxylic acids is 1. The van der Waals surface area contributed by atoms with Crippen LogP contribution >= 0.6 is 11.8 Å². The lowest BCUT2D eigenvalue weighted by Gasteiger charge is -2.31. The Morgan fingerprint density at radius 3 is 2.68 bits per heavy atom. The molecule has 1 aromatic rings. The highest BCUT2D eigenvalue weighted by Gasteiger charge is 2.44. The standard InChI is InChI=1S/C16H24N6O8S/c1-6(24)9(14(27)28)19-15(29)21-16(31-2)18-3-7-12(20-16)22(5-17-7)13-11(26)10(25)8(4-23)30-13/h3,5-6,8-11,13,18,23-26H,4H2,1-2H3,(H,27,28)(H2,19,21,29)/t6?,8-,9?,10-,11-,13-,16?/m1/s1. The maximum Gasteiger partial charge on any atom is 0.328 e. The Kier molecular flexibility index (Phi) is 6.73. The van der Waals surface area contributed by atoms with E-state index in [1.165, 1.54) is 24.0 Å². The number of aliphatic carboxylic acids is 1. The van der Waals surface area contributed by atoms with Crippen molar-refractivity contribution in [3.63, 3.8) is 0 Å². The van der Waals surface area contributed by atoms with Gasteiger partial charge >= 0.3 is 12.0 Å².